The lowest BCUT2D eigenvalue weighted by Gasteiger charge is -2.36. The number of hydrogen-bond donors (Lipinski definition) is 1. The van der Waals surface area contributed by atoms with Gasteiger partial charge in [-0.15, -0.1) is 0 Å². The number of nitrogens with zero attached hydrogens (tertiary/aromatic N) is 2. The second-order valence-corrected chi connectivity index (χ2v) is 7.60. The fourth-order valence-electron chi connectivity index (χ4n) is 2.58. The third-order valence-electron chi connectivity index (χ3n) is 3.80. The Morgan fingerprint density at radius 1 is 1.27 bits per heavy atom. The smallest absolute Gasteiger partial charge is 0.317 e. The number of hydrogen-bond acceptors (Lipinski definition) is 4. The van der Waals surface area contributed by atoms with Crippen molar-refractivity contribution in [1.82, 2.24) is 14.5 Å². The summed E-state index contributed by atoms with van der Waals surface area (Å²) >= 11 is 0. The lowest BCUT2D eigenvalue weighted by Crippen LogP contribution is -2.53. The number of carbonyl (C=O) groups excluding carboxylic acids is 1. The van der Waals surface area contributed by atoms with Crippen molar-refractivity contribution in [1.29, 1.82) is 0 Å². The first-order valence-corrected chi connectivity index (χ1v) is 9.60. The van der Waals surface area contributed by atoms with E-state index in [-0.39, 0.29) is 30.5 Å². The van der Waals surface area contributed by atoms with E-state index in [1.807, 2.05) is 13.8 Å². The zero-order chi connectivity index (χ0) is 16.8. The Bertz CT molecular complexity index is 451. The van der Waals surface area contributed by atoms with Gasteiger partial charge in [-0.1, -0.05) is 20.8 Å². The highest BCUT2D eigenvalue weighted by atomic mass is 32.2. The van der Waals surface area contributed by atoms with Crippen molar-refractivity contribution in [3.63, 3.8) is 0 Å². The molecule has 1 saturated heterocycles. The lowest BCUT2D eigenvalue weighted by atomic mass is 10.2. The molecule has 2 amide bonds. The monoisotopic (exact) mass is 335 g/mol. The summed E-state index contributed by atoms with van der Waals surface area (Å²) < 4.78 is 31.2. The minimum atomic E-state index is -3.30. The zero-order valence-electron chi connectivity index (χ0n) is 14.0. The molecule has 7 nitrogen and oxygen atoms in total. The van der Waals surface area contributed by atoms with Crippen LogP contribution in [-0.2, 0) is 14.8 Å². The number of carbonyl (C=O) groups is 1. The van der Waals surface area contributed by atoms with Crippen molar-refractivity contribution < 1.29 is 17.9 Å². The number of morpholine rings is 1. The Morgan fingerprint density at radius 2 is 1.91 bits per heavy atom. The van der Waals surface area contributed by atoms with Gasteiger partial charge in [0, 0.05) is 32.7 Å². The third-order valence-corrected chi connectivity index (χ3v) is 5.83. The molecule has 1 heterocycles. The Labute approximate surface area is 134 Å². The molecule has 1 fully saturated rings. The second kappa shape index (κ2) is 8.69. The molecular formula is C14H29N3O4S. The van der Waals surface area contributed by atoms with Crippen LogP contribution in [0.3, 0.4) is 0 Å². The van der Waals surface area contributed by atoms with Crippen molar-refractivity contribution in [2.24, 2.45) is 0 Å². The van der Waals surface area contributed by atoms with Crippen LogP contribution >= 0.6 is 0 Å². The Morgan fingerprint density at radius 3 is 2.45 bits per heavy atom. The number of nitrogens with one attached hydrogen (secondary N) is 1. The van der Waals surface area contributed by atoms with Crippen molar-refractivity contribution >= 4 is 16.1 Å². The molecule has 0 spiro atoms. The van der Waals surface area contributed by atoms with Crippen LogP contribution in [0.15, 0.2) is 0 Å². The minimum Gasteiger partial charge on any atom is -0.372 e. The summed E-state index contributed by atoms with van der Waals surface area (Å²) in [6.07, 6.45) is 0.905. The van der Waals surface area contributed by atoms with Gasteiger partial charge in [-0.3, -0.25) is 0 Å². The Kier molecular flexibility index (Phi) is 7.58. The molecule has 0 aromatic rings. The van der Waals surface area contributed by atoms with Gasteiger partial charge in [-0.25, -0.2) is 17.5 Å². The normalized spacial score (nSPS) is 22.9. The van der Waals surface area contributed by atoms with Gasteiger partial charge in [0.2, 0.25) is 10.0 Å². The summed E-state index contributed by atoms with van der Waals surface area (Å²) in [6, 6.07) is -0.219. The van der Waals surface area contributed by atoms with Crippen LogP contribution in [0.4, 0.5) is 4.79 Å². The molecule has 0 unspecified atom stereocenters. The lowest BCUT2D eigenvalue weighted by molar-refractivity contribution is -0.0645. The maximum absolute atomic E-state index is 12.2. The maximum Gasteiger partial charge on any atom is 0.317 e. The third kappa shape index (κ3) is 5.40. The quantitative estimate of drug-likeness (QED) is 0.749. The first-order valence-electron chi connectivity index (χ1n) is 8.00. The number of sulfonamides is 1. The number of urea groups is 1. The molecule has 0 aromatic carbocycles. The molecular weight excluding hydrogens is 306 g/mol. The van der Waals surface area contributed by atoms with E-state index in [2.05, 4.69) is 5.32 Å². The predicted molar refractivity (Wildman–Crippen MR) is 86.3 cm³/mol. The van der Waals surface area contributed by atoms with Gasteiger partial charge in [0.15, 0.2) is 0 Å². The highest BCUT2D eigenvalue weighted by Crippen LogP contribution is 2.13. The van der Waals surface area contributed by atoms with Crippen molar-refractivity contribution in [3.05, 3.63) is 0 Å². The standard InChI is InChI=1S/C14H29N3O4S/c1-5-13-11-16(10-12(4)21-13)14(18)15-8-9-22(19,20)17(6-2)7-3/h12-13H,5-11H2,1-4H3,(H,15,18)/t12-,13+/m1/s1. The van der Waals surface area contributed by atoms with E-state index in [1.54, 1.807) is 18.7 Å². The van der Waals surface area contributed by atoms with E-state index >= 15 is 0 Å². The summed E-state index contributed by atoms with van der Waals surface area (Å²) in [5.74, 6) is -0.0719. The van der Waals surface area contributed by atoms with Gasteiger partial charge in [0.25, 0.3) is 0 Å². The number of amides is 2. The van der Waals surface area contributed by atoms with E-state index in [1.165, 1.54) is 4.31 Å². The number of ether oxygens (including phenoxy) is 1. The molecule has 1 rings (SSSR count). The van der Waals surface area contributed by atoms with Crippen LogP contribution in [0, 0.1) is 0 Å². The van der Waals surface area contributed by atoms with Crippen LogP contribution in [0.5, 0.6) is 0 Å². The molecule has 0 aliphatic carbocycles. The van der Waals surface area contributed by atoms with Gasteiger partial charge >= 0.3 is 6.03 Å². The van der Waals surface area contributed by atoms with E-state index < -0.39 is 10.0 Å². The molecule has 0 radical (unpaired) electrons. The average Bonchev–Trinajstić information content (AvgIpc) is 2.47. The van der Waals surface area contributed by atoms with Crippen molar-refractivity contribution in [3.8, 4) is 0 Å². The largest absolute Gasteiger partial charge is 0.372 e. The molecule has 0 aromatic heterocycles. The topological polar surface area (TPSA) is 79.0 Å². The van der Waals surface area contributed by atoms with Crippen LogP contribution in [0.25, 0.3) is 0 Å². The first kappa shape index (κ1) is 19.2. The summed E-state index contributed by atoms with van der Waals surface area (Å²) in [7, 11) is -3.30. The molecule has 1 N–H and O–H groups in total. The van der Waals surface area contributed by atoms with E-state index in [9.17, 15) is 13.2 Å². The van der Waals surface area contributed by atoms with Crippen LogP contribution in [-0.4, -0.2) is 74.3 Å². The summed E-state index contributed by atoms with van der Waals surface area (Å²) in [5.41, 5.74) is 0. The Balaban J connectivity index is 2.46. The molecule has 130 valence electrons. The maximum atomic E-state index is 12.2. The van der Waals surface area contributed by atoms with Crippen LogP contribution in [0.2, 0.25) is 0 Å². The molecule has 22 heavy (non-hydrogen) atoms. The van der Waals surface area contributed by atoms with Crippen LogP contribution < -0.4 is 5.32 Å². The summed E-state index contributed by atoms with van der Waals surface area (Å²) in [6.45, 7) is 9.68. The molecule has 2 atom stereocenters. The van der Waals surface area contributed by atoms with Gasteiger partial charge in [0.05, 0.1) is 18.0 Å². The predicted octanol–water partition coefficient (Wildman–Crippen LogP) is 0.867. The van der Waals surface area contributed by atoms with E-state index in [0.29, 0.717) is 26.2 Å². The van der Waals surface area contributed by atoms with Crippen molar-refractivity contribution in [2.75, 3.05) is 38.5 Å². The molecule has 1 aliphatic heterocycles. The minimum absolute atomic E-state index is 0.00357. The molecule has 1 aliphatic rings. The van der Waals surface area contributed by atoms with Gasteiger partial charge in [0.1, 0.15) is 0 Å². The van der Waals surface area contributed by atoms with E-state index in [4.69, 9.17) is 4.74 Å². The molecule has 0 saturated carbocycles. The SMILES string of the molecule is CC[C@H]1CN(C(=O)NCCS(=O)(=O)N(CC)CC)C[C@@H](C)O1. The summed E-state index contributed by atoms with van der Waals surface area (Å²) in [5, 5.41) is 2.70. The van der Waals surface area contributed by atoms with Gasteiger partial charge < -0.3 is 15.0 Å². The van der Waals surface area contributed by atoms with Gasteiger partial charge in [-0.05, 0) is 13.3 Å². The summed E-state index contributed by atoms with van der Waals surface area (Å²) in [4.78, 5) is 13.9. The molecule has 0 bridgehead atoms. The highest BCUT2D eigenvalue weighted by Gasteiger charge is 2.27. The zero-order valence-corrected chi connectivity index (χ0v) is 14.9. The number of rotatable bonds is 7. The fraction of sp³-hybridized carbons (Fsp3) is 0.929. The second-order valence-electron chi connectivity index (χ2n) is 5.51. The molecule has 8 heteroatoms. The highest BCUT2D eigenvalue weighted by molar-refractivity contribution is 7.89. The Hall–Kier alpha value is -0.860. The fourth-order valence-corrected chi connectivity index (χ4v) is 3.99. The van der Waals surface area contributed by atoms with E-state index in [0.717, 1.165) is 6.42 Å². The van der Waals surface area contributed by atoms with Crippen LogP contribution in [0.1, 0.15) is 34.1 Å². The average molecular weight is 335 g/mol. The van der Waals surface area contributed by atoms with Gasteiger partial charge in [-0.2, -0.15) is 0 Å². The van der Waals surface area contributed by atoms with Crippen molar-refractivity contribution in [2.45, 2.75) is 46.3 Å². The first-order chi connectivity index (χ1) is 10.3.